The molecule has 34 heavy (non-hydrogen) atoms. The van der Waals surface area contributed by atoms with Crippen molar-refractivity contribution >= 4 is 6.09 Å². The number of aryl methyl sites for hydroxylation is 1. The van der Waals surface area contributed by atoms with Crippen LogP contribution in [0.4, 0.5) is 4.79 Å². The van der Waals surface area contributed by atoms with E-state index in [2.05, 4.69) is 41.3 Å². The minimum Gasteiger partial charge on any atom is -0.444 e. The van der Waals surface area contributed by atoms with Gasteiger partial charge in [0.15, 0.2) is 0 Å². The molecule has 1 atom stereocenters. The zero-order valence-electron chi connectivity index (χ0n) is 21.6. The van der Waals surface area contributed by atoms with E-state index in [1.807, 2.05) is 20.8 Å². The Morgan fingerprint density at radius 1 is 1.06 bits per heavy atom. The Kier molecular flexibility index (Phi) is 9.97. The molecule has 2 heterocycles. The molecule has 1 aliphatic heterocycles. The van der Waals surface area contributed by atoms with Gasteiger partial charge in [0.25, 0.3) is 0 Å². The maximum atomic E-state index is 12.3. The van der Waals surface area contributed by atoms with E-state index in [9.17, 15) is 4.79 Å². The van der Waals surface area contributed by atoms with Gasteiger partial charge in [-0.1, -0.05) is 81.3 Å². The van der Waals surface area contributed by atoms with Crippen molar-refractivity contribution in [3.63, 3.8) is 0 Å². The summed E-state index contributed by atoms with van der Waals surface area (Å²) in [5.74, 6) is 1.58. The summed E-state index contributed by atoms with van der Waals surface area (Å²) in [5.41, 5.74) is 1.88. The molecule has 3 rings (SSSR count). The molecule has 1 fully saturated rings. The van der Waals surface area contributed by atoms with Crippen LogP contribution >= 0.6 is 0 Å². The highest BCUT2D eigenvalue weighted by Crippen LogP contribution is 2.24. The van der Waals surface area contributed by atoms with Crippen LogP contribution in [-0.2, 0) is 17.6 Å². The standard InChI is InChI=1S/C28H43N3O3/c1-5-6-7-8-9-10-11-12-13-22-14-16-24(17-15-22)26-29-25(34-30-26)20-23-18-19-31(21-23)27(32)33-28(2,3)4/h14-17,23H,5-13,18-21H2,1-4H3/t23-/m1/s1. The molecule has 0 spiro atoms. The summed E-state index contributed by atoms with van der Waals surface area (Å²) in [6, 6.07) is 8.55. The summed E-state index contributed by atoms with van der Waals surface area (Å²) in [6.07, 6.45) is 13.2. The molecular formula is C28H43N3O3. The smallest absolute Gasteiger partial charge is 0.410 e. The number of benzene rings is 1. The summed E-state index contributed by atoms with van der Waals surface area (Å²) in [7, 11) is 0. The number of unbranched alkanes of at least 4 members (excludes halogenated alkanes) is 7. The van der Waals surface area contributed by atoms with Gasteiger partial charge >= 0.3 is 6.09 Å². The van der Waals surface area contributed by atoms with Crippen molar-refractivity contribution in [3.05, 3.63) is 35.7 Å². The van der Waals surface area contributed by atoms with E-state index >= 15 is 0 Å². The van der Waals surface area contributed by atoms with Gasteiger partial charge in [0.1, 0.15) is 5.60 Å². The lowest BCUT2D eigenvalue weighted by Gasteiger charge is -2.24. The Balaban J connectivity index is 1.40. The van der Waals surface area contributed by atoms with Crippen LogP contribution in [-0.4, -0.2) is 39.8 Å². The average molecular weight is 470 g/mol. The molecule has 6 nitrogen and oxygen atoms in total. The first-order valence-corrected chi connectivity index (χ1v) is 13.2. The van der Waals surface area contributed by atoms with Crippen LogP contribution in [0.1, 0.15) is 96.9 Å². The first kappa shape index (κ1) is 26.2. The van der Waals surface area contributed by atoms with Crippen LogP contribution in [0.3, 0.4) is 0 Å². The molecule has 1 aliphatic rings. The molecule has 188 valence electrons. The van der Waals surface area contributed by atoms with E-state index in [1.54, 1.807) is 4.90 Å². The molecule has 0 unspecified atom stereocenters. The van der Waals surface area contributed by atoms with Gasteiger partial charge in [0, 0.05) is 25.1 Å². The van der Waals surface area contributed by atoms with E-state index in [-0.39, 0.29) is 6.09 Å². The molecule has 6 heteroatoms. The molecule has 1 amide bonds. The third-order valence-electron chi connectivity index (χ3n) is 6.40. The van der Waals surface area contributed by atoms with E-state index in [4.69, 9.17) is 9.26 Å². The minimum atomic E-state index is -0.472. The highest BCUT2D eigenvalue weighted by Gasteiger charge is 2.30. The molecule has 1 saturated heterocycles. The number of nitrogens with zero attached hydrogens (tertiary/aromatic N) is 3. The van der Waals surface area contributed by atoms with Crippen LogP contribution in [0, 0.1) is 5.92 Å². The lowest BCUT2D eigenvalue weighted by atomic mass is 10.0. The Morgan fingerprint density at radius 3 is 2.41 bits per heavy atom. The van der Waals surface area contributed by atoms with Gasteiger partial charge in [-0.3, -0.25) is 0 Å². The van der Waals surface area contributed by atoms with Crippen molar-refractivity contribution in [3.8, 4) is 11.4 Å². The number of likely N-dealkylation sites (tertiary alicyclic amines) is 1. The topological polar surface area (TPSA) is 68.5 Å². The number of aromatic nitrogens is 2. The van der Waals surface area contributed by atoms with Gasteiger partial charge in [-0.2, -0.15) is 4.98 Å². The lowest BCUT2D eigenvalue weighted by Crippen LogP contribution is -2.35. The zero-order chi connectivity index (χ0) is 24.4. The Morgan fingerprint density at radius 2 is 1.74 bits per heavy atom. The molecule has 2 aromatic rings. The number of hydrogen-bond donors (Lipinski definition) is 0. The predicted octanol–water partition coefficient (Wildman–Crippen LogP) is 7.22. The maximum absolute atomic E-state index is 12.3. The van der Waals surface area contributed by atoms with Gasteiger partial charge in [-0.05, 0) is 51.5 Å². The number of hydrogen-bond acceptors (Lipinski definition) is 5. The molecule has 1 aromatic heterocycles. The van der Waals surface area contributed by atoms with Gasteiger partial charge in [0.05, 0.1) is 0 Å². The first-order valence-electron chi connectivity index (χ1n) is 13.2. The lowest BCUT2D eigenvalue weighted by molar-refractivity contribution is 0.0287. The molecule has 0 bridgehead atoms. The summed E-state index contributed by atoms with van der Waals surface area (Å²) >= 11 is 0. The quantitative estimate of drug-likeness (QED) is 0.307. The summed E-state index contributed by atoms with van der Waals surface area (Å²) in [4.78, 5) is 18.7. The van der Waals surface area contributed by atoms with Crippen molar-refractivity contribution < 1.29 is 14.1 Å². The van der Waals surface area contributed by atoms with Gasteiger partial charge in [-0.15, -0.1) is 0 Å². The highest BCUT2D eigenvalue weighted by atomic mass is 16.6. The van der Waals surface area contributed by atoms with Crippen molar-refractivity contribution in [1.82, 2.24) is 15.0 Å². The fraction of sp³-hybridized carbons (Fsp3) is 0.679. The summed E-state index contributed by atoms with van der Waals surface area (Å²) < 4.78 is 11.0. The van der Waals surface area contributed by atoms with E-state index in [1.165, 1.54) is 56.9 Å². The highest BCUT2D eigenvalue weighted by molar-refractivity contribution is 5.68. The van der Waals surface area contributed by atoms with Crippen molar-refractivity contribution in [2.24, 2.45) is 5.92 Å². The Labute approximate surface area is 205 Å². The van der Waals surface area contributed by atoms with Crippen LogP contribution in [0.2, 0.25) is 0 Å². The number of carbonyl (C=O) groups excluding carboxylic acids is 1. The van der Waals surface area contributed by atoms with Crippen LogP contribution < -0.4 is 0 Å². The average Bonchev–Trinajstić information content (AvgIpc) is 3.45. The minimum absolute atomic E-state index is 0.242. The SMILES string of the molecule is CCCCCCCCCCc1ccc(-c2noc(C[C@H]3CCN(C(=O)OC(C)(C)C)C3)n2)cc1. The van der Waals surface area contributed by atoms with Crippen molar-refractivity contribution in [1.29, 1.82) is 0 Å². The van der Waals surface area contributed by atoms with Crippen LogP contribution in [0.15, 0.2) is 28.8 Å². The second-order valence-corrected chi connectivity index (χ2v) is 10.7. The van der Waals surface area contributed by atoms with Gasteiger partial charge < -0.3 is 14.2 Å². The number of ether oxygens (including phenoxy) is 1. The Bertz CT molecular complexity index is 870. The zero-order valence-corrected chi connectivity index (χ0v) is 21.6. The van der Waals surface area contributed by atoms with Crippen LogP contribution in [0.25, 0.3) is 11.4 Å². The Hall–Kier alpha value is -2.37. The van der Waals surface area contributed by atoms with Gasteiger partial charge in [0.2, 0.25) is 11.7 Å². The summed E-state index contributed by atoms with van der Waals surface area (Å²) in [5, 5.41) is 4.19. The molecule has 1 aromatic carbocycles. The normalized spacial score (nSPS) is 16.2. The molecule has 0 saturated carbocycles. The first-order chi connectivity index (χ1) is 16.3. The third-order valence-corrected chi connectivity index (χ3v) is 6.40. The molecule has 0 radical (unpaired) electrons. The fourth-order valence-electron chi connectivity index (χ4n) is 4.48. The van der Waals surface area contributed by atoms with Gasteiger partial charge in [-0.25, -0.2) is 4.79 Å². The van der Waals surface area contributed by atoms with E-state index < -0.39 is 5.60 Å². The fourth-order valence-corrected chi connectivity index (χ4v) is 4.48. The summed E-state index contributed by atoms with van der Waals surface area (Å²) in [6.45, 7) is 9.31. The second kappa shape index (κ2) is 12.9. The van der Waals surface area contributed by atoms with Crippen LogP contribution in [0.5, 0.6) is 0 Å². The largest absolute Gasteiger partial charge is 0.444 e. The van der Waals surface area contributed by atoms with Crippen molar-refractivity contribution in [2.75, 3.05) is 13.1 Å². The second-order valence-electron chi connectivity index (χ2n) is 10.7. The predicted molar refractivity (Wildman–Crippen MR) is 136 cm³/mol. The van der Waals surface area contributed by atoms with Crippen molar-refractivity contribution in [2.45, 2.75) is 104 Å². The maximum Gasteiger partial charge on any atom is 0.410 e. The van der Waals surface area contributed by atoms with E-state index in [0.29, 0.717) is 37.1 Å². The number of carbonyl (C=O) groups is 1. The third kappa shape index (κ3) is 8.77. The molecular weight excluding hydrogens is 426 g/mol. The molecule has 0 N–H and O–H groups in total. The van der Waals surface area contributed by atoms with E-state index in [0.717, 1.165) is 18.4 Å². The number of amides is 1. The monoisotopic (exact) mass is 469 g/mol. The number of rotatable bonds is 12. The molecule has 0 aliphatic carbocycles.